The van der Waals surface area contributed by atoms with Crippen molar-refractivity contribution in [3.05, 3.63) is 64.7 Å². The highest BCUT2D eigenvalue weighted by Crippen LogP contribution is 2.37. The summed E-state index contributed by atoms with van der Waals surface area (Å²) in [5.41, 5.74) is 2.73. The van der Waals surface area contributed by atoms with Crippen molar-refractivity contribution in [3.63, 3.8) is 0 Å². The first-order chi connectivity index (χ1) is 15.1. The van der Waals surface area contributed by atoms with Crippen LogP contribution in [-0.2, 0) is 23.9 Å². The van der Waals surface area contributed by atoms with E-state index in [1.807, 2.05) is 0 Å². The predicted octanol–water partition coefficient (Wildman–Crippen LogP) is 3.31. The van der Waals surface area contributed by atoms with Crippen LogP contribution >= 0.6 is 0 Å². The predicted molar refractivity (Wildman–Crippen MR) is 120 cm³/mol. The number of hydrogen-bond donors (Lipinski definition) is 2. The standard InChI is InChI=1S/C21H25F3N4O3S/c1-6-14-10-18(30-4)19(31-5)11-16(14)20(27-26-2)15-8-7-13(12-28(3)32(25)29)9-17(15)21(22,23)24/h6-11,26H,1,12,25H2,2-5H3/b27-20-. The Hall–Kier alpha value is -2.89. The third-order valence-electron chi connectivity index (χ3n) is 4.61. The monoisotopic (exact) mass is 470 g/mol. The van der Waals surface area contributed by atoms with Crippen molar-refractivity contribution in [1.29, 1.82) is 0 Å². The quantitative estimate of drug-likeness (QED) is 0.435. The maximum atomic E-state index is 14.0. The number of hydrazone groups is 1. The second-order valence-corrected chi connectivity index (χ2v) is 7.80. The van der Waals surface area contributed by atoms with Gasteiger partial charge in [0.2, 0.25) is 0 Å². The van der Waals surface area contributed by atoms with E-state index >= 15 is 0 Å². The Balaban J connectivity index is 2.75. The Labute approximate surface area is 187 Å². The van der Waals surface area contributed by atoms with Crippen molar-refractivity contribution in [3.8, 4) is 11.5 Å². The summed E-state index contributed by atoms with van der Waals surface area (Å²) in [6, 6.07) is 6.99. The van der Waals surface area contributed by atoms with Crippen LogP contribution in [-0.4, -0.2) is 42.5 Å². The molecule has 0 saturated carbocycles. The fourth-order valence-electron chi connectivity index (χ4n) is 3.10. The summed E-state index contributed by atoms with van der Waals surface area (Å²) in [6.45, 7) is 3.72. The summed E-state index contributed by atoms with van der Waals surface area (Å²) in [7, 11) is 5.82. The van der Waals surface area contributed by atoms with Gasteiger partial charge in [-0.2, -0.15) is 18.3 Å². The molecule has 1 unspecified atom stereocenters. The minimum Gasteiger partial charge on any atom is -0.493 e. The third-order valence-corrected chi connectivity index (χ3v) is 5.35. The van der Waals surface area contributed by atoms with Crippen LogP contribution in [0.2, 0.25) is 0 Å². The van der Waals surface area contributed by atoms with Crippen molar-refractivity contribution in [2.75, 3.05) is 28.3 Å². The topological polar surface area (TPSA) is 89.2 Å². The van der Waals surface area contributed by atoms with Gasteiger partial charge in [-0.05, 0) is 29.3 Å². The van der Waals surface area contributed by atoms with Crippen LogP contribution in [0.1, 0.15) is 27.8 Å². The normalized spacial score (nSPS) is 13.1. The molecule has 174 valence electrons. The molecule has 0 heterocycles. The van der Waals surface area contributed by atoms with Gasteiger partial charge in [0.15, 0.2) is 22.7 Å². The zero-order chi connectivity index (χ0) is 24.1. The van der Waals surface area contributed by atoms with E-state index < -0.39 is 22.9 Å². The number of nitrogens with one attached hydrogen (secondary N) is 1. The van der Waals surface area contributed by atoms with Crippen LogP contribution in [0.25, 0.3) is 6.08 Å². The zero-order valence-corrected chi connectivity index (χ0v) is 18.9. The Morgan fingerprint density at radius 1 is 1.22 bits per heavy atom. The summed E-state index contributed by atoms with van der Waals surface area (Å²) >= 11 is -1.82. The van der Waals surface area contributed by atoms with E-state index in [2.05, 4.69) is 17.1 Å². The molecule has 2 aromatic carbocycles. The van der Waals surface area contributed by atoms with Gasteiger partial charge < -0.3 is 14.9 Å². The van der Waals surface area contributed by atoms with Crippen molar-refractivity contribution < 1.29 is 26.9 Å². The number of halogens is 3. The second-order valence-electron chi connectivity index (χ2n) is 6.62. The molecular weight excluding hydrogens is 445 g/mol. The molecular formula is C21H25F3N4O3S. The first-order valence-corrected chi connectivity index (χ1v) is 10.5. The van der Waals surface area contributed by atoms with Gasteiger partial charge in [0.05, 0.1) is 25.5 Å². The van der Waals surface area contributed by atoms with Crippen LogP contribution in [0.4, 0.5) is 13.2 Å². The number of hydrogen-bond acceptors (Lipinski definition) is 5. The van der Waals surface area contributed by atoms with E-state index in [0.717, 1.165) is 6.07 Å². The average molecular weight is 471 g/mol. The molecule has 0 fully saturated rings. The van der Waals surface area contributed by atoms with Crippen LogP contribution < -0.4 is 20.0 Å². The molecule has 2 aromatic rings. The molecule has 0 aliphatic heterocycles. The molecule has 0 aromatic heterocycles. The number of benzene rings is 2. The van der Waals surface area contributed by atoms with Gasteiger partial charge in [0, 0.05) is 31.8 Å². The van der Waals surface area contributed by atoms with Crippen LogP contribution in [0.5, 0.6) is 11.5 Å². The number of ether oxygens (including phenoxy) is 2. The number of methoxy groups -OCH3 is 2. The van der Waals surface area contributed by atoms with Gasteiger partial charge in [0.1, 0.15) is 0 Å². The van der Waals surface area contributed by atoms with Gasteiger partial charge in [-0.15, -0.1) is 0 Å². The van der Waals surface area contributed by atoms with Crippen molar-refractivity contribution in [2.24, 2.45) is 10.2 Å². The second kappa shape index (κ2) is 10.6. The molecule has 1 atom stereocenters. The largest absolute Gasteiger partial charge is 0.493 e. The molecule has 32 heavy (non-hydrogen) atoms. The lowest BCUT2D eigenvalue weighted by molar-refractivity contribution is -0.137. The number of nitrogens with two attached hydrogens (primary N) is 1. The molecule has 7 nitrogen and oxygen atoms in total. The highest BCUT2D eigenvalue weighted by molar-refractivity contribution is 7.80. The SMILES string of the molecule is C=Cc1cc(OC)c(OC)cc1/C(=N\NC)c1ccc(CN(C)S(N)=O)cc1C(F)(F)F. The molecule has 0 aliphatic carbocycles. The highest BCUT2D eigenvalue weighted by Gasteiger charge is 2.35. The summed E-state index contributed by atoms with van der Waals surface area (Å²) in [5.74, 6) is 0.730. The Bertz CT molecular complexity index is 1040. The fourth-order valence-corrected chi connectivity index (χ4v) is 3.37. The molecule has 0 aliphatic rings. The lowest BCUT2D eigenvalue weighted by atomic mass is 9.92. The smallest absolute Gasteiger partial charge is 0.417 e. The summed E-state index contributed by atoms with van der Waals surface area (Å²) in [5, 5.41) is 9.44. The third kappa shape index (κ3) is 5.67. The zero-order valence-electron chi connectivity index (χ0n) is 18.1. The van der Waals surface area contributed by atoms with Crippen molar-refractivity contribution in [1.82, 2.24) is 9.73 Å². The molecule has 3 N–H and O–H groups in total. The molecule has 0 radical (unpaired) electrons. The van der Waals surface area contributed by atoms with Gasteiger partial charge in [-0.25, -0.2) is 13.7 Å². The number of alkyl halides is 3. The van der Waals surface area contributed by atoms with E-state index in [0.29, 0.717) is 28.2 Å². The van der Waals surface area contributed by atoms with Gasteiger partial charge in [-0.1, -0.05) is 24.8 Å². The van der Waals surface area contributed by atoms with Crippen LogP contribution in [0, 0.1) is 0 Å². The Kier molecular flexibility index (Phi) is 8.42. The highest BCUT2D eigenvalue weighted by atomic mass is 32.2. The maximum Gasteiger partial charge on any atom is 0.417 e. The van der Waals surface area contributed by atoms with E-state index in [1.165, 1.54) is 50.8 Å². The summed E-state index contributed by atoms with van der Waals surface area (Å²) in [4.78, 5) is 0. The van der Waals surface area contributed by atoms with E-state index in [4.69, 9.17) is 14.6 Å². The molecule has 0 bridgehead atoms. The fraction of sp³-hybridized carbons (Fsp3) is 0.286. The van der Waals surface area contributed by atoms with E-state index in [1.54, 1.807) is 12.1 Å². The van der Waals surface area contributed by atoms with Crippen molar-refractivity contribution in [2.45, 2.75) is 12.7 Å². The molecule has 0 spiro atoms. The minimum atomic E-state index is -4.68. The summed E-state index contributed by atoms with van der Waals surface area (Å²) in [6.07, 6.45) is -3.18. The first-order valence-electron chi connectivity index (χ1n) is 9.28. The van der Waals surface area contributed by atoms with Gasteiger partial charge >= 0.3 is 6.18 Å². The van der Waals surface area contributed by atoms with Crippen LogP contribution in [0.15, 0.2) is 42.0 Å². The molecule has 0 saturated heterocycles. The minimum absolute atomic E-state index is 0.0285. The number of rotatable bonds is 9. The average Bonchev–Trinajstić information content (AvgIpc) is 2.76. The van der Waals surface area contributed by atoms with Gasteiger partial charge in [0.25, 0.3) is 0 Å². The van der Waals surface area contributed by atoms with E-state index in [9.17, 15) is 17.4 Å². The molecule has 0 amide bonds. The first kappa shape index (κ1) is 25.4. The molecule has 2 rings (SSSR count). The number of nitrogens with zero attached hydrogens (tertiary/aromatic N) is 2. The lowest BCUT2D eigenvalue weighted by Crippen LogP contribution is -2.26. The van der Waals surface area contributed by atoms with Crippen molar-refractivity contribution >= 4 is 23.0 Å². The van der Waals surface area contributed by atoms with Gasteiger partial charge in [-0.3, -0.25) is 0 Å². The maximum absolute atomic E-state index is 14.0. The van der Waals surface area contributed by atoms with E-state index in [-0.39, 0.29) is 17.8 Å². The Morgan fingerprint density at radius 3 is 2.34 bits per heavy atom. The molecule has 11 heteroatoms. The summed E-state index contributed by atoms with van der Waals surface area (Å²) < 4.78 is 65.4. The Morgan fingerprint density at radius 2 is 1.84 bits per heavy atom. The van der Waals surface area contributed by atoms with Crippen LogP contribution in [0.3, 0.4) is 0 Å². The lowest BCUT2D eigenvalue weighted by Gasteiger charge is -2.20.